The highest BCUT2D eigenvalue weighted by atomic mass is 79.9. The molecule has 0 unspecified atom stereocenters. The Kier molecular flexibility index (Phi) is 3.02. The molecule has 0 fully saturated rings. The second-order valence-corrected chi connectivity index (χ2v) is 3.98. The molecule has 0 heterocycles. The van der Waals surface area contributed by atoms with Gasteiger partial charge in [-0.05, 0) is 44.0 Å². The van der Waals surface area contributed by atoms with Crippen LogP contribution >= 0.6 is 40.3 Å². The third-order valence-corrected chi connectivity index (χ3v) is 3.95. The molecule has 0 atom stereocenters. The average Bonchev–Trinajstić information content (AvgIpc) is 1.95. The van der Waals surface area contributed by atoms with E-state index in [0.29, 0.717) is 0 Å². The Bertz CT molecular complexity index is 262. The first kappa shape index (κ1) is 8.38. The van der Waals surface area contributed by atoms with Gasteiger partial charge in [0.15, 0.2) is 8.46 Å². The quantitative estimate of drug-likeness (QED) is 0.723. The Balaban J connectivity index is 3.27. The van der Waals surface area contributed by atoms with Crippen LogP contribution in [-0.4, -0.2) is 0 Å². The predicted molar refractivity (Wildman–Crippen MR) is 49.1 cm³/mol. The van der Waals surface area contributed by atoms with E-state index in [1.54, 1.807) is 6.07 Å². The summed E-state index contributed by atoms with van der Waals surface area (Å²) in [6.45, 7) is 0. The minimum absolute atomic E-state index is 0.0405. The molecule has 0 aliphatic carbocycles. The fourth-order valence-corrected chi connectivity index (χ4v) is 1.91. The van der Waals surface area contributed by atoms with Crippen molar-refractivity contribution < 1.29 is 4.57 Å². The van der Waals surface area contributed by atoms with Gasteiger partial charge >= 0.3 is 0 Å². The van der Waals surface area contributed by atoms with Crippen molar-refractivity contribution in [3.63, 3.8) is 0 Å². The van der Waals surface area contributed by atoms with Crippen LogP contribution in [-0.2, 0) is 4.57 Å². The summed E-state index contributed by atoms with van der Waals surface area (Å²) in [6, 6.07) is 5.53. The van der Waals surface area contributed by atoms with Gasteiger partial charge in [-0.25, -0.2) is 0 Å². The van der Waals surface area contributed by atoms with Crippen molar-refractivity contribution in [1.29, 1.82) is 0 Å². The van der Waals surface area contributed by atoms with E-state index in [9.17, 15) is 4.57 Å². The maximum Gasteiger partial charge on any atom is 0.193 e. The molecule has 0 amide bonds. The lowest BCUT2D eigenvalue weighted by atomic mass is 10.4. The van der Waals surface area contributed by atoms with E-state index in [1.165, 1.54) is 0 Å². The van der Waals surface area contributed by atoms with Gasteiger partial charge in [-0.2, -0.15) is 0 Å². The van der Waals surface area contributed by atoms with Crippen LogP contribution in [0.25, 0.3) is 0 Å². The number of hydrogen-bond donors (Lipinski definition) is 0. The second-order valence-electron chi connectivity index (χ2n) is 1.66. The number of rotatable bonds is 1. The van der Waals surface area contributed by atoms with Gasteiger partial charge in [-0.1, -0.05) is 6.07 Å². The van der Waals surface area contributed by atoms with Gasteiger partial charge in [0.1, 0.15) is 0 Å². The maximum atomic E-state index is 10.4. The third kappa shape index (κ3) is 1.66. The molecule has 1 aromatic rings. The van der Waals surface area contributed by atoms with Gasteiger partial charge in [0.2, 0.25) is 0 Å². The van der Waals surface area contributed by atoms with Crippen molar-refractivity contribution in [2.24, 2.45) is 0 Å². The first-order valence-electron chi connectivity index (χ1n) is 2.53. The largest absolute Gasteiger partial charge is 0.269 e. The third-order valence-electron chi connectivity index (χ3n) is 1.03. The number of halogens is 2. The van der Waals surface area contributed by atoms with Gasteiger partial charge in [-0.15, -0.1) is 0 Å². The molecule has 0 saturated carbocycles. The van der Waals surface area contributed by atoms with Crippen molar-refractivity contribution >= 4 is 45.6 Å². The van der Waals surface area contributed by atoms with E-state index >= 15 is 0 Å². The van der Waals surface area contributed by atoms with Crippen LogP contribution < -0.4 is 5.30 Å². The molecule has 0 spiro atoms. The molecule has 0 aliphatic heterocycles. The van der Waals surface area contributed by atoms with Crippen LogP contribution in [0, 0.1) is 0 Å². The lowest BCUT2D eigenvalue weighted by molar-refractivity contribution is 0.603. The van der Waals surface area contributed by atoms with Gasteiger partial charge in [-0.3, -0.25) is 4.57 Å². The summed E-state index contributed by atoms with van der Waals surface area (Å²) in [5, 5.41) is 0.759. The van der Waals surface area contributed by atoms with Crippen LogP contribution in [0.15, 0.2) is 27.1 Å². The fourth-order valence-electron chi connectivity index (χ4n) is 0.563. The molecule has 4 heteroatoms. The van der Waals surface area contributed by atoms with Crippen molar-refractivity contribution in [1.82, 2.24) is 0 Å². The topological polar surface area (TPSA) is 17.1 Å². The number of hydrogen-bond acceptors (Lipinski definition) is 1. The predicted octanol–water partition coefficient (Wildman–Crippen LogP) is 3.13. The number of benzene rings is 1. The first-order chi connectivity index (χ1) is 4.75. The highest BCUT2D eigenvalue weighted by molar-refractivity contribution is 9.13. The zero-order valence-corrected chi connectivity index (χ0v) is 8.91. The molecule has 52 valence electrons. The molecule has 10 heavy (non-hydrogen) atoms. The van der Waals surface area contributed by atoms with Crippen molar-refractivity contribution in [3.8, 4) is 0 Å². The van der Waals surface area contributed by atoms with Gasteiger partial charge in [0.25, 0.3) is 0 Å². The van der Waals surface area contributed by atoms with E-state index < -0.39 is 0 Å². The second kappa shape index (κ2) is 3.61. The Morgan fingerprint density at radius 2 is 2.00 bits per heavy atom. The van der Waals surface area contributed by atoms with Crippen LogP contribution in [0.5, 0.6) is 0 Å². The minimum atomic E-state index is 0.0405. The first-order valence-corrected chi connectivity index (χ1v) is 4.93. The molecule has 0 aliphatic rings. The molecule has 0 aromatic heterocycles. The molecule has 1 rings (SSSR count). The Hall–Kier alpha value is 0.280. The van der Waals surface area contributed by atoms with E-state index in [0.717, 1.165) is 14.2 Å². The van der Waals surface area contributed by atoms with E-state index in [4.69, 9.17) is 0 Å². The Morgan fingerprint density at radius 3 is 2.50 bits per heavy atom. The summed E-state index contributed by atoms with van der Waals surface area (Å²) in [6.07, 6.45) is 0. The monoisotopic (exact) mass is 280 g/mol. The zero-order valence-electron chi connectivity index (χ0n) is 4.84. The van der Waals surface area contributed by atoms with Crippen LogP contribution in [0.1, 0.15) is 0 Å². The summed E-state index contributed by atoms with van der Waals surface area (Å²) in [5.74, 6) is 0. The molecule has 1 nitrogen and oxygen atoms in total. The summed E-state index contributed by atoms with van der Waals surface area (Å²) in [4.78, 5) is 0. The Morgan fingerprint density at radius 1 is 1.30 bits per heavy atom. The Labute approximate surface area is 77.3 Å². The van der Waals surface area contributed by atoms with E-state index in [2.05, 4.69) is 31.9 Å². The van der Waals surface area contributed by atoms with Gasteiger partial charge < -0.3 is 0 Å². The summed E-state index contributed by atoms with van der Waals surface area (Å²) in [5.41, 5.74) is 0. The summed E-state index contributed by atoms with van der Waals surface area (Å²) >= 11 is 6.58. The normalized spacial score (nSPS) is 10.2. The maximum absolute atomic E-state index is 10.4. The van der Waals surface area contributed by atoms with E-state index in [-0.39, 0.29) is 8.46 Å². The zero-order chi connectivity index (χ0) is 7.56. The fraction of sp³-hybridized carbons (Fsp3) is 0. The molecule has 0 N–H and O–H groups in total. The van der Waals surface area contributed by atoms with E-state index in [1.807, 2.05) is 12.1 Å². The summed E-state index contributed by atoms with van der Waals surface area (Å²) in [7, 11) is 0.0405. The molecule has 1 aromatic carbocycles. The highest BCUT2D eigenvalue weighted by Gasteiger charge is 2.00. The molecular weight excluding hydrogens is 279 g/mol. The van der Waals surface area contributed by atoms with Crippen molar-refractivity contribution in [2.75, 3.05) is 0 Å². The SMILES string of the molecule is O=Pc1cccc(Br)c1Br. The van der Waals surface area contributed by atoms with Crippen LogP contribution in [0.4, 0.5) is 0 Å². The average molecular weight is 282 g/mol. The van der Waals surface area contributed by atoms with Crippen LogP contribution in [0.3, 0.4) is 0 Å². The van der Waals surface area contributed by atoms with Crippen molar-refractivity contribution in [2.45, 2.75) is 0 Å². The van der Waals surface area contributed by atoms with Crippen molar-refractivity contribution in [3.05, 3.63) is 27.1 Å². The molecular formula is C6H3Br2OP. The smallest absolute Gasteiger partial charge is 0.193 e. The lowest BCUT2D eigenvalue weighted by Gasteiger charge is -1.95. The van der Waals surface area contributed by atoms with Gasteiger partial charge in [0.05, 0.1) is 5.30 Å². The molecule has 0 saturated heterocycles. The minimum Gasteiger partial charge on any atom is -0.269 e. The highest BCUT2D eigenvalue weighted by Crippen LogP contribution is 2.22. The van der Waals surface area contributed by atoms with Crippen LogP contribution in [0.2, 0.25) is 0 Å². The molecule has 0 bridgehead atoms. The molecule has 0 radical (unpaired) electrons. The lowest BCUT2D eigenvalue weighted by Crippen LogP contribution is -1.92. The summed E-state index contributed by atoms with van der Waals surface area (Å²) < 4.78 is 12.2. The standard InChI is InChI=1S/C6H3Br2OP/c7-4-2-1-3-5(10-9)6(4)8/h1-3H. The van der Waals surface area contributed by atoms with Gasteiger partial charge in [0, 0.05) is 8.95 Å².